The normalized spacial score (nSPS) is 11.4. The van der Waals surface area contributed by atoms with E-state index in [1.54, 1.807) is 12.1 Å². The van der Waals surface area contributed by atoms with Crippen LogP contribution in [0.1, 0.15) is 5.56 Å². The first-order chi connectivity index (χ1) is 9.79. The lowest BCUT2D eigenvalue weighted by Gasteiger charge is -2.11. The fraction of sp³-hybridized carbons (Fsp3) is 0.143. The Hall–Kier alpha value is -1.30. The molecule has 0 aliphatic carbocycles. The lowest BCUT2D eigenvalue weighted by molar-refractivity contribution is 0.602. The Morgan fingerprint density at radius 2 is 1.86 bits per heavy atom. The van der Waals surface area contributed by atoms with Gasteiger partial charge in [-0.2, -0.15) is 0 Å². The average Bonchev–Trinajstić information content (AvgIpc) is 2.40. The maximum absolute atomic E-state index is 13.8. The maximum Gasteiger partial charge on any atom is 0.175 e. The number of hydrogen-bond donors (Lipinski definition) is 1. The van der Waals surface area contributed by atoms with Crippen molar-refractivity contribution in [2.24, 2.45) is 0 Å². The Bertz CT molecular complexity index is 779. The van der Waals surface area contributed by atoms with Crippen LogP contribution in [0.2, 0.25) is 10.0 Å². The zero-order valence-electron chi connectivity index (χ0n) is 11.0. The molecule has 1 N–H and O–H groups in total. The minimum Gasteiger partial charge on any atom is -0.380 e. The third kappa shape index (κ3) is 3.87. The molecule has 0 aliphatic rings. The lowest BCUT2D eigenvalue weighted by atomic mass is 10.2. The summed E-state index contributed by atoms with van der Waals surface area (Å²) in [5.41, 5.74) is 0.780. The van der Waals surface area contributed by atoms with Crippen LogP contribution in [0.15, 0.2) is 41.3 Å². The summed E-state index contributed by atoms with van der Waals surface area (Å²) in [4.78, 5) is 0.140. The van der Waals surface area contributed by atoms with Gasteiger partial charge in [-0.05, 0) is 24.3 Å². The number of benzene rings is 2. The van der Waals surface area contributed by atoms with Crippen molar-refractivity contribution in [3.8, 4) is 0 Å². The molecule has 0 amide bonds. The van der Waals surface area contributed by atoms with E-state index in [2.05, 4.69) is 5.32 Å². The summed E-state index contributed by atoms with van der Waals surface area (Å²) < 4.78 is 36.8. The summed E-state index contributed by atoms with van der Waals surface area (Å²) in [6.45, 7) is 0.138. The van der Waals surface area contributed by atoms with Gasteiger partial charge in [0.2, 0.25) is 0 Å². The molecule has 3 nitrogen and oxygen atoms in total. The van der Waals surface area contributed by atoms with Gasteiger partial charge < -0.3 is 5.32 Å². The molecule has 0 saturated carbocycles. The third-order valence-corrected chi connectivity index (χ3v) is 4.60. The topological polar surface area (TPSA) is 46.2 Å². The van der Waals surface area contributed by atoms with E-state index in [1.165, 1.54) is 24.3 Å². The second-order valence-electron chi connectivity index (χ2n) is 4.48. The average molecular weight is 348 g/mol. The third-order valence-electron chi connectivity index (χ3n) is 2.87. The van der Waals surface area contributed by atoms with Gasteiger partial charge in [-0.1, -0.05) is 35.3 Å². The highest BCUT2D eigenvalue weighted by atomic mass is 35.5. The summed E-state index contributed by atoms with van der Waals surface area (Å²) in [7, 11) is -3.33. The van der Waals surface area contributed by atoms with E-state index in [-0.39, 0.29) is 16.5 Å². The zero-order valence-corrected chi connectivity index (χ0v) is 13.4. The van der Waals surface area contributed by atoms with Crippen molar-refractivity contribution in [1.82, 2.24) is 0 Å². The first-order valence-corrected chi connectivity index (χ1v) is 8.60. The predicted octanol–water partition coefficient (Wildman–Crippen LogP) is 4.15. The highest BCUT2D eigenvalue weighted by molar-refractivity contribution is 7.90. The minimum atomic E-state index is -3.33. The Balaban J connectivity index is 2.26. The fourth-order valence-electron chi connectivity index (χ4n) is 1.75. The highest BCUT2D eigenvalue weighted by Gasteiger charge is 2.11. The molecule has 7 heteroatoms. The molecule has 0 fully saturated rings. The molecule has 0 spiro atoms. The van der Waals surface area contributed by atoms with Gasteiger partial charge in [-0.3, -0.25) is 0 Å². The second kappa shape index (κ2) is 6.22. The molecule has 2 aromatic rings. The first-order valence-electron chi connectivity index (χ1n) is 5.95. The van der Waals surface area contributed by atoms with E-state index in [9.17, 15) is 12.8 Å². The van der Waals surface area contributed by atoms with E-state index in [4.69, 9.17) is 23.2 Å². The summed E-state index contributed by atoms with van der Waals surface area (Å²) >= 11 is 11.7. The van der Waals surface area contributed by atoms with Gasteiger partial charge >= 0.3 is 0 Å². The molecule has 2 rings (SSSR count). The molecule has 0 bridgehead atoms. The summed E-state index contributed by atoms with van der Waals surface area (Å²) in [6.07, 6.45) is 1.11. The zero-order chi connectivity index (χ0) is 15.6. The smallest absolute Gasteiger partial charge is 0.175 e. The first kappa shape index (κ1) is 16.1. The SMILES string of the molecule is CS(=O)(=O)c1ccc(Cl)c(NCc2cccc(Cl)c2F)c1. The van der Waals surface area contributed by atoms with Gasteiger partial charge in [-0.25, -0.2) is 12.8 Å². The number of rotatable bonds is 4. The van der Waals surface area contributed by atoms with Crippen LogP contribution in [-0.2, 0) is 16.4 Å². The Morgan fingerprint density at radius 3 is 2.52 bits per heavy atom. The number of sulfone groups is 1. The fourth-order valence-corrected chi connectivity index (χ4v) is 2.77. The molecule has 0 atom stereocenters. The van der Waals surface area contributed by atoms with Crippen LogP contribution in [0.4, 0.5) is 10.1 Å². The van der Waals surface area contributed by atoms with Crippen LogP contribution in [0.25, 0.3) is 0 Å². The van der Waals surface area contributed by atoms with Gasteiger partial charge in [0.15, 0.2) is 9.84 Å². The molecular weight excluding hydrogens is 336 g/mol. The molecule has 0 unspecified atom stereocenters. The van der Waals surface area contributed by atoms with E-state index in [0.717, 1.165) is 6.26 Å². The predicted molar refractivity (Wildman–Crippen MR) is 83.3 cm³/mol. The van der Waals surface area contributed by atoms with Crippen molar-refractivity contribution < 1.29 is 12.8 Å². The summed E-state index contributed by atoms with van der Waals surface area (Å²) in [5, 5.41) is 3.30. The molecule has 0 radical (unpaired) electrons. The molecule has 112 valence electrons. The Labute approximate surface area is 132 Å². The maximum atomic E-state index is 13.8. The van der Waals surface area contributed by atoms with Crippen LogP contribution in [0.5, 0.6) is 0 Å². The van der Waals surface area contributed by atoms with Crippen LogP contribution >= 0.6 is 23.2 Å². The molecule has 0 aromatic heterocycles. The van der Waals surface area contributed by atoms with Crippen molar-refractivity contribution in [2.75, 3.05) is 11.6 Å². The number of hydrogen-bond acceptors (Lipinski definition) is 3. The molecule has 0 saturated heterocycles. The van der Waals surface area contributed by atoms with Crippen molar-refractivity contribution in [3.05, 3.63) is 57.8 Å². The molecular formula is C14H12Cl2FNO2S. The quantitative estimate of drug-likeness (QED) is 0.903. The second-order valence-corrected chi connectivity index (χ2v) is 7.31. The minimum absolute atomic E-state index is 0.0327. The van der Waals surface area contributed by atoms with Crippen LogP contribution in [0, 0.1) is 5.82 Å². The van der Waals surface area contributed by atoms with Gasteiger partial charge in [-0.15, -0.1) is 0 Å². The summed E-state index contributed by atoms with van der Waals surface area (Å²) in [6, 6.07) is 8.99. The largest absolute Gasteiger partial charge is 0.380 e. The van der Waals surface area contributed by atoms with Gasteiger partial charge in [0, 0.05) is 18.4 Å². The standard InChI is InChI=1S/C14H12Cl2FNO2S/c1-21(19,20)10-5-6-11(15)13(7-10)18-8-9-3-2-4-12(16)14(9)17/h2-7,18H,8H2,1H3. The van der Waals surface area contributed by atoms with Crippen molar-refractivity contribution in [1.29, 1.82) is 0 Å². The van der Waals surface area contributed by atoms with Gasteiger partial charge in [0.25, 0.3) is 0 Å². The summed E-state index contributed by atoms with van der Waals surface area (Å²) in [5.74, 6) is -0.512. The Morgan fingerprint density at radius 1 is 1.14 bits per heavy atom. The van der Waals surface area contributed by atoms with E-state index in [1.807, 2.05) is 0 Å². The van der Waals surface area contributed by atoms with Crippen molar-refractivity contribution in [2.45, 2.75) is 11.4 Å². The number of anilines is 1. The molecule has 21 heavy (non-hydrogen) atoms. The van der Waals surface area contributed by atoms with Crippen LogP contribution in [0.3, 0.4) is 0 Å². The van der Waals surface area contributed by atoms with Crippen LogP contribution < -0.4 is 5.32 Å². The number of nitrogens with one attached hydrogen (secondary N) is 1. The van der Waals surface area contributed by atoms with E-state index in [0.29, 0.717) is 16.3 Å². The highest BCUT2D eigenvalue weighted by Crippen LogP contribution is 2.26. The Kier molecular flexibility index (Phi) is 4.76. The molecule has 0 aliphatic heterocycles. The molecule has 0 heterocycles. The van der Waals surface area contributed by atoms with E-state index >= 15 is 0 Å². The monoisotopic (exact) mass is 347 g/mol. The molecule has 2 aromatic carbocycles. The van der Waals surface area contributed by atoms with Crippen LogP contribution in [-0.4, -0.2) is 14.7 Å². The van der Waals surface area contributed by atoms with Crippen molar-refractivity contribution in [3.63, 3.8) is 0 Å². The van der Waals surface area contributed by atoms with E-state index < -0.39 is 15.7 Å². The van der Waals surface area contributed by atoms with Gasteiger partial charge in [0.05, 0.1) is 20.6 Å². The van der Waals surface area contributed by atoms with Crippen molar-refractivity contribution >= 4 is 38.7 Å². The lowest BCUT2D eigenvalue weighted by Crippen LogP contribution is -2.04. The van der Waals surface area contributed by atoms with Gasteiger partial charge in [0.1, 0.15) is 5.82 Å². The number of halogens is 3.